The number of hydrogen-bond donors (Lipinski definition) is 1. The average Bonchev–Trinajstić information content (AvgIpc) is 2.73. The fourth-order valence-electron chi connectivity index (χ4n) is 4.08. The maximum absolute atomic E-state index is 11.6. The van der Waals surface area contributed by atoms with Gasteiger partial charge in [-0.25, -0.2) is 0 Å². The van der Waals surface area contributed by atoms with Gasteiger partial charge in [-0.15, -0.1) is 0 Å². The van der Waals surface area contributed by atoms with Crippen LogP contribution in [0.5, 0.6) is 5.75 Å². The first-order valence-electron chi connectivity index (χ1n) is 11.5. The Kier molecular flexibility index (Phi) is 10.7. The summed E-state index contributed by atoms with van der Waals surface area (Å²) < 4.78 is 38.1. The highest BCUT2D eigenvalue weighted by Crippen LogP contribution is 2.32. The molecule has 0 fully saturated rings. The first kappa shape index (κ1) is 24.7. The average molecular weight is 435 g/mol. The van der Waals surface area contributed by atoms with E-state index in [0.29, 0.717) is 5.75 Å². The van der Waals surface area contributed by atoms with Crippen molar-refractivity contribution in [1.29, 1.82) is 0 Å². The fourth-order valence-corrected chi connectivity index (χ4v) is 4.60. The molecular weight excluding hydrogens is 396 g/mol. The zero-order chi connectivity index (χ0) is 21.8. The molecule has 168 valence electrons. The highest BCUT2D eigenvalue weighted by Gasteiger charge is 2.15. The second-order valence-electron chi connectivity index (χ2n) is 8.25. The highest BCUT2D eigenvalue weighted by molar-refractivity contribution is 7.85. The van der Waals surface area contributed by atoms with Gasteiger partial charge in [0.05, 0.1) is 12.0 Å². The van der Waals surface area contributed by atoms with Crippen molar-refractivity contribution in [2.24, 2.45) is 0 Å². The van der Waals surface area contributed by atoms with Gasteiger partial charge in [0.15, 0.2) is 0 Å². The number of fused-ring (bicyclic) bond motifs is 1. The number of hydrogen-bond acceptors (Lipinski definition) is 3. The Labute approximate surface area is 182 Å². The lowest BCUT2D eigenvalue weighted by Crippen LogP contribution is -2.00. The molecule has 0 aliphatic rings. The van der Waals surface area contributed by atoms with Crippen molar-refractivity contribution in [3.8, 4) is 5.75 Å². The molecule has 0 aliphatic heterocycles. The topological polar surface area (TPSA) is 63.6 Å². The first-order chi connectivity index (χ1) is 14.5. The van der Waals surface area contributed by atoms with Crippen molar-refractivity contribution >= 4 is 20.9 Å². The van der Waals surface area contributed by atoms with Crippen LogP contribution in [-0.4, -0.2) is 20.1 Å². The van der Waals surface area contributed by atoms with Crippen LogP contribution >= 0.6 is 0 Å². The zero-order valence-corrected chi connectivity index (χ0v) is 19.5. The molecule has 30 heavy (non-hydrogen) atoms. The minimum absolute atomic E-state index is 0.117. The summed E-state index contributed by atoms with van der Waals surface area (Å²) in [5, 5.41) is 1.72. The number of methoxy groups -OCH3 is 1. The largest absolute Gasteiger partial charge is 0.496 e. The van der Waals surface area contributed by atoms with Crippen molar-refractivity contribution in [2.45, 2.75) is 95.3 Å². The number of aryl methyl sites for hydroxylation is 1. The van der Waals surface area contributed by atoms with Crippen LogP contribution < -0.4 is 4.74 Å². The number of benzene rings is 2. The van der Waals surface area contributed by atoms with Gasteiger partial charge in [0.25, 0.3) is 10.1 Å². The van der Waals surface area contributed by atoms with Gasteiger partial charge in [-0.3, -0.25) is 4.55 Å². The van der Waals surface area contributed by atoms with E-state index in [-0.39, 0.29) is 4.90 Å². The monoisotopic (exact) mass is 434 g/mol. The van der Waals surface area contributed by atoms with E-state index in [4.69, 9.17) is 4.74 Å². The first-order valence-corrected chi connectivity index (χ1v) is 13.0. The molecule has 0 bridgehead atoms. The molecule has 0 saturated carbocycles. The van der Waals surface area contributed by atoms with Crippen LogP contribution in [0.15, 0.2) is 35.2 Å². The van der Waals surface area contributed by atoms with Gasteiger partial charge in [0.2, 0.25) is 0 Å². The standard InChI is InChI=1S/C25H38O4S/c1-3-4-5-6-7-8-9-10-11-12-13-14-16-21-17-15-18-23-24(21)19-22(30(26,27)28)20-25(23)29-2/h15,17-20H,3-14,16H2,1-2H3,(H,26,27,28). The smallest absolute Gasteiger partial charge is 0.294 e. The Hall–Kier alpha value is -1.59. The summed E-state index contributed by atoms with van der Waals surface area (Å²) in [6.07, 6.45) is 16.6. The van der Waals surface area contributed by atoms with Crippen LogP contribution in [0, 0.1) is 0 Å². The van der Waals surface area contributed by atoms with E-state index in [2.05, 4.69) is 6.92 Å². The van der Waals surface area contributed by atoms with Crippen LogP contribution in [0.2, 0.25) is 0 Å². The Bertz CT molecular complexity index is 874. The summed E-state index contributed by atoms with van der Waals surface area (Å²) in [7, 11) is -2.76. The molecule has 0 aromatic heterocycles. The third-order valence-electron chi connectivity index (χ3n) is 5.84. The molecule has 5 heteroatoms. The van der Waals surface area contributed by atoms with Crippen LogP contribution in [-0.2, 0) is 16.5 Å². The molecule has 2 rings (SSSR count). The van der Waals surface area contributed by atoms with Crippen LogP contribution in [0.1, 0.15) is 89.5 Å². The Morgan fingerprint density at radius 2 is 1.37 bits per heavy atom. The Morgan fingerprint density at radius 3 is 1.90 bits per heavy atom. The second kappa shape index (κ2) is 13.0. The molecule has 0 aliphatic carbocycles. The molecule has 2 aromatic rings. The van der Waals surface area contributed by atoms with Gasteiger partial charge < -0.3 is 4.74 Å². The van der Waals surface area contributed by atoms with Gasteiger partial charge >= 0.3 is 0 Å². The highest BCUT2D eigenvalue weighted by atomic mass is 32.2. The molecule has 0 atom stereocenters. The van der Waals surface area contributed by atoms with Crippen molar-refractivity contribution in [3.05, 3.63) is 35.9 Å². The Balaban J connectivity index is 1.80. The third-order valence-corrected chi connectivity index (χ3v) is 6.67. The Morgan fingerprint density at radius 1 is 0.800 bits per heavy atom. The SMILES string of the molecule is CCCCCCCCCCCCCCc1cccc2c(OC)cc(S(=O)(=O)O)cc12. The molecule has 0 heterocycles. The van der Waals surface area contributed by atoms with E-state index in [1.54, 1.807) is 6.07 Å². The number of unbranched alkanes of at least 4 members (excludes halogenated alkanes) is 11. The van der Waals surface area contributed by atoms with Gasteiger partial charge in [0.1, 0.15) is 5.75 Å². The molecule has 2 aromatic carbocycles. The van der Waals surface area contributed by atoms with Crippen molar-refractivity contribution < 1.29 is 17.7 Å². The van der Waals surface area contributed by atoms with Crippen LogP contribution in [0.3, 0.4) is 0 Å². The van der Waals surface area contributed by atoms with E-state index in [0.717, 1.165) is 29.2 Å². The predicted octanol–water partition coefficient (Wildman–Crippen LogP) is 7.34. The quantitative estimate of drug-likeness (QED) is 0.235. The molecule has 0 saturated heterocycles. The summed E-state index contributed by atoms with van der Waals surface area (Å²) in [5.74, 6) is 0.469. The van der Waals surface area contributed by atoms with Gasteiger partial charge in [-0.1, -0.05) is 95.8 Å². The minimum atomic E-state index is -4.27. The normalized spacial score (nSPS) is 11.8. The fraction of sp³-hybridized carbons (Fsp3) is 0.600. The van der Waals surface area contributed by atoms with E-state index in [1.807, 2.05) is 18.2 Å². The summed E-state index contributed by atoms with van der Waals surface area (Å²) in [6, 6.07) is 8.88. The lowest BCUT2D eigenvalue weighted by Gasteiger charge is -2.12. The van der Waals surface area contributed by atoms with Gasteiger partial charge in [-0.05, 0) is 29.9 Å². The molecule has 0 amide bonds. The van der Waals surface area contributed by atoms with E-state index in [9.17, 15) is 13.0 Å². The van der Waals surface area contributed by atoms with E-state index < -0.39 is 10.1 Å². The lowest BCUT2D eigenvalue weighted by molar-refractivity contribution is 0.417. The van der Waals surface area contributed by atoms with Gasteiger partial charge in [0, 0.05) is 11.5 Å². The van der Waals surface area contributed by atoms with Crippen molar-refractivity contribution in [3.63, 3.8) is 0 Å². The zero-order valence-electron chi connectivity index (χ0n) is 18.7. The maximum Gasteiger partial charge on any atom is 0.294 e. The number of rotatable bonds is 15. The number of ether oxygens (including phenoxy) is 1. The summed E-state index contributed by atoms with van der Waals surface area (Å²) in [5.41, 5.74) is 1.10. The molecule has 0 unspecified atom stereocenters. The molecular formula is C25H38O4S. The molecule has 0 radical (unpaired) electrons. The molecule has 0 spiro atoms. The summed E-state index contributed by atoms with van der Waals surface area (Å²) >= 11 is 0. The maximum atomic E-state index is 11.6. The van der Waals surface area contributed by atoms with E-state index >= 15 is 0 Å². The summed E-state index contributed by atoms with van der Waals surface area (Å²) in [4.78, 5) is -0.117. The second-order valence-corrected chi connectivity index (χ2v) is 9.67. The molecule has 4 nitrogen and oxygen atoms in total. The van der Waals surface area contributed by atoms with Crippen LogP contribution in [0.4, 0.5) is 0 Å². The predicted molar refractivity (Wildman–Crippen MR) is 125 cm³/mol. The lowest BCUT2D eigenvalue weighted by atomic mass is 9.98. The third kappa shape index (κ3) is 7.92. The van der Waals surface area contributed by atoms with Gasteiger partial charge in [-0.2, -0.15) is 8.42 Å². The minimum Gasteiger partial charge on any atom is -0.496 e. The van der Waals surface area contributed by atoms with Crippen LogP contribution in [0.25, 0.3) is 10.8 Å². The van der Waals surface area contributed by atoms with E-state index in [1.165, 1.54) is 83.8 Å². The van der Waals surface area contributed by atoms with Crippen molar-refractivity contribution in [2.75, 3.05) is 7.11 Å². The molecule has 1 N–H and O–H groups in total. The van der Waals surface area contributed by atoms with Crippen molar-refractivity contribution in [1.82, 2.24) is 0 Å². The summed E-state index contributed by atoms with van der Waals surface area (Å²) in [6.45, 7) is 2.26.